The molecule has 1 amide bonds. The van der Waals surface area contributed by atoms with Crippen LogP contribution in [0.3, 0.4) is 0 Å². The number of benzene rings is 1. The zero-order valence-corrected chi connectivity index (χ0v) is 16.2. The topological polar surface area (TPSA) is 104 Å². The smallest absolute Gasteiger partial charge is 0.281 e. The molecule has 0 radical (unpaired) electrons. The molecule has 3 rings (SSSR count). The number of halogens is 2. The lowest BCUT2D eigenvalue weighted by molar-refractivity contribution is 0.0958. The van der Waals surface area contributed by atoms with Crippen molar-refractivity contribution in [3.63, 3.8) is 0 Å². The van der Waals surface area contributed by atoms with Crippen LogP contribution in [0.2, 0.25) is 10.0 Å². The first-order chi connectivity index (χ1) is 12.9. The largest absolute Gasteiger partial charge is 0.455 e. The molecule has 0 unspecified atom stereocenters. The van der Waals surface area contributed by atoms with E-state index >= 15 is 0 Å². The van der Waals surface area contributed by atoms with Crippen molar-refractivity contribution in [3.8, 4) is 17.4 Å². The van der Waals surface area contributed by atoms with Gasteiger partial charge in [-0.1, -0.05) is 23.2 Å². The molecular formula is C18H12Cl2N4O2S. The molecule has 0 aliphatic rings. The summed E-state index contributed by atoms with van der Waals surface area (Å²) in [7, 11) is 0. The Morgan fingerprint density at radius 3 is 2.78 bits per heavy atom. The summed E-state index contributed by atoms with van der Waals surface area (Å²) in [6.45, 7) is 1.67. The first-order valence-electron chi connectivity index (χ1n) is 7.58. The van der Waals surface area contributed by atoms with Gasteiger partial charge in [-0.05, 0) is 42.8 Å². The van der Waals surface area contributed by atoms with Gasteiger partial charge in [0.2, 0.25) is 0 Å². The van der Waals surface area contributed by atoms with Crippen molar-refractivity contribution in [1.82, 2.24) is 5.43 Å². The van der Waals surface area contributed by atoms with Crippen LogP contribution in [0.25, 0.3) is 11.3 Å². The number of nitriles is 1. The Kier molecular flexibility index (Phi) is 5.51. The van der Waals surface area contributed by atoms with Crippen LogP contribution in [0.1, 0.15) is 26.6 Å². The van der Waals surface area contributed by atoms with Crippen LogP contribution in [-0.4, -0.2) is 12.1 Å². The zero-order valence-electron chi connectivity index (χ0n) is 13.9. The van der Waals surface area contributed by atoms with Crippen molar-refractivity contribution < 1.29 is 9.21 Å². The number of hydrogen-bond donors (Lipinski definition) is 2. The number of rotatable bonds is 4. The van der Waals surface area contributed by atoms with E-state index in [9.17, 15) is 4.79 Å². The molecule has 0 aliphatic carbocycles. The number of carbonyl (C=O) groups is 1. The van der Waals surface area contributed by atoms with E-state index < -0.39 is 5.91 Å². The number of nitrogens with one attached hydrogen (secondary N) is 1. The molecule has 136 valence electrons. The molecule has 0 bridgehead atoms. The molecule has 9 heteroatoms. The van der Waals surface area contributed by atoms with E-state index in [4.69, 9.17) is 38.6 Å². The average molecular weight is 419 g/mol. The fraction of sp³-hybridized carbons (Fsp3) is 0.0556. The highest BCUT2D eigenvalue weighted by atomic mass is 35.5. The lowest BCUT2D eigenvalue weighted by atomic mass is 10.2. The van der Waals surface area contributed by atoms with Crippen molar-refractivity contribution in [2.45, 2.75) is 6.92 Å². The predicted octanol–water partition coefficient (Wildman–Crippen LogP) is 4.84. The second kappa shape index (κ2) is 7.84. The molecule has 0 saturated carbocycles. The van der Waals surface area contributed by atoms with E-state index in [0.717, 1.165) is 16.9 Å². The maximum Gasteiger partial charge on any atom is 0.281 e. The summed E-state index contributed by atoms with van der Waals surface area (Å²) < 4.78 is 5.65. The number of nitrogen functional groups attached to an aromatic ring is 1. The molecule has 3 aromatic rings. The summed E-state index contributed by atoms with van der Waals surface area (Å²) >= 11 is 13.0. The minimum absolute atomic E-state index is 0.307. The van der Waals surface area contributed by atoms with Crippen LogP contribution >= 0.6 is 34.5 Å². The fourth-order valence-electron chi connectivity index (χ4n) is 2.32. The number of amides is 1. The second-order valence-electron chi connectivity index (χ2n) is 5.44. The number of hydrazone groups is 1. The average Bonchev–Trinajstić information content (AvgIpc) is 3.21. The van der Waals surface area contributed by atoms with Crippen LogP contribution in [0.15, 0.2) is 39.9 Å². The molecule has 6 nitrogen and oxygen atoms in total. The summed E-state index contributed by atoms with van der Waals surface area (Å²) in [5, 5.41) is 14.1. The molecule has 2 heterocycles. The fourth-order valence-corrected chi connectivity index (χ4v) is 3.54. The van der Waals surface area contributed by atoms with E-state index in [0.29, 0.717) is 42.6 Å². The third-order valence-corrected chi connectivity index (χ3v) is 5.54. The lowest BCUT2D eigenvalue weighted by Crippen LogP contribution is -2.17. The minimum atomic E-state index is -0.446. The van der Waals surface area contributed by atoms with Gasteiger partial charge < -0.3 is 10.2 Å². The molecule has 2 aromatic heterocycles. The molecule has 0 aliphatic heterocycles. The van der Waals surface area contributed by atoms with Gasteiger partial charge in [-0.15, -0.1) is 11.3 Å². The van der Waals surface area contributed by atoms with Gasteiger partial charge in [0.15, 0.2) is 0 Å². The summed E-state index contributed by atoms with van der Waals surface area (Å²) in [6, 6.07) is 10.6. The van der Waals surface area contributed by atoms with E-state index in [-0.39, 0.29) is 0 Å². The lowest BCUT2D eigenvalue weighted by Gasteiger charge is -1.99. The number of carbonyl (C=O) groups excluding carboxylic acids is 1. The Labute approximate surface area is 168 Å². The monoisotopic (exact) mass is 418 g/mol. The van der Waals surface area contributed by atoms with Gasteiger partial charge in [0, 0.05) is 5.56 Å². The van der Waals surface area contributed by atoms with Gasteiger partial charge in [0.05, 0.1) is 21.8 Å². The van der Waals surface area contributed by atoms with Crippen molar-refractivity contribution in [1.29, 1.82) is 5.26 Å². The third-order valence-electron chi connectivity index (χ3n) is 3.68. The number of anilines is 1. The minimum Gasteiger partial charge on any atom is -0.455 e. The highest BCUT2D eigenvalue weighted by Gasteiger charge is 2.18. The molecule has 0 saturated heterocycles. The molecule has 0 spiro atoms. The first-order valence-corrected chi connectivity index (χ1v) is 9.15. The number of thiophene rings is 1. The van der Waals surface area contributed by atoms with Gasteiger partial charge in [0.25, 0.3) is 5.91 Å². The third kappa shape index (κ3) is 3.98. The van der Waals surface area contributed by atoms with Crippen LogP contribution in [0.4, 0.5) is 5.00 Å². The Hall–Kier alpha value is -2.79. The Morgan fingerprint density at radius 1 is 1.33 bits per heavy atom. The Morgan fingerprint density at radius 2 is 2.11 bits per heavy atom. The van der Waals surface area contributed by atoms with E-state index in [1.807, 2.05) is 6.07 Å². The van der Waals surface area contributed by atoms with Gasteiger partial charge in [-0.25, -0.2) is 5.43 Å². The van der Waals surface area contributed by atoms with Crippen molar-refractivity contribution in [3.05, 3.63) is 62.1 Å². The number of hydrogen-bond acceptors (Lipinski definition) is 6. The first kappa shape index (κ1) is 19.0. The molecule has 0 fully saturated rings. The second-order valence-corrected chi connectivity index (χ2v) is 7.30. The van der Waals surface area contributed by atoms with Crippen LogP contribution in [0.5, 0.6) is 0 Å². The van der Waals surface area contributed by atoms with Crippen molar-refractivity contribution in [2.24, 2.45) is 5.10 Å². The maximum absolute atomic E-state index is 12.2. The predicted molar refractivity (Wildman–Crippen MR) is 107 cm³/mol. The van der Waals surface area contributed by atoms with Gasteiger partial charge in [0.1, 0.15) is 27.5 Å². The van der Waals surface area contributed by atoms with Crippen LogP contribution in [0, 0.1) is 18.3 Å². The Bertz CT molecular complexity index is 1100. The standard InChI is InChI=1S/C18H12Cl2N4O2S/c1-9-12(7-21)17(22)27-16(9)18(25)24-23-8-11-3-5-15(26-11)10-2-4-13(19)14(20)6-10/h2-6,8H,22H2,1H3,(H,24,25). The summed E-state index contributed by atoms with van der Waals surface area (Å²) in [4.78, 5) is 12.5. The van der Waals surface area contributed by atoms with Crippen molar-refractivity contribution >= 4 is 51.7 Å². The van der Waals surface area contributed by atoms with Crippen LogP contribution < -0.4 is 11.2 Å². The SMILES string of the molecule is Cc1c(C(=O)NN=Cc2ccc(-c3ccc(Cl)c(Cl)c3)o2)sc(N)c1C#N. The summed E-state index contributed by atoms with van der Waals surface area (Å²) in [5.41, 5.74) is 9.74. The van der Waals surface area contributed by atoms with E-state index in [1.54, 1.807) is 37.3 Å². The van der Waals surface area contributed by atoms with Gasteiger partial charge in [-0.3, -0.25) is 4.79 Å². The molecular weight excluding hydrogens is 407 g/mol. The van der Waals surface area contributed by atoms with E-state index in [1.165, 1.54) is 6.21 Å². The van der Waals surface area contributed by atoms with Crippen molar-refractivity contribution in [2.75, 3.05) is 5.73 Å². The summed E-state index contributed by atoms with van der Waals surface area (Å²) in [6.07, 6.45) is 1.37. The van der Waals surface area contributed by atoms with E-state index in [2.05, 4.69) is 10.5 Å². The molecule has 3 N–H and O–H groups in total. The highest BCUT2D eigenvalue weighted by Crippen LogP contribution is 2.30. The molecule has 0 atom stereocenters. The maximum atomic E-state index is 12.2. The number of furan rings is 1. The number of nitrogens with two attached hydrogens (primary N) is 1. The summed E-state index contributed by atoms with van der Waals surface area (Å²) in [5.74, 6) is 0.580. The zero-order chi connectivity index (χ0) is 19.6. The van der Waals surface area contributed by atoms with Gasteiger partial charge >= 0.3 is 0 Å². The van der Waals surface area contributed by atoms with Crippen LogP contribution in [-0.2, 0) is 0 Å². The van der Waals surface area contributed by atoms with Gasteiger partial charge in [-0.2, -0.15) is 10.4 Å². The highest BCUT2D eigenvalue weighted by molar-refractivity contribution is 7.18. The Balaban J connectivity index is 1.70. The quantitative estimate of drug-likeness (QED) is 0.466. The molecule has 27 heavy (non-hydrogen) atoms. The normalized spacial score (nSPS) is 10.9. The number of nitrogens with zero attached hydrogens (tertiary/aromatic N) is 2. The molecule has 1 aromatic carbocycles.